The standard InChI is InChI=1S/C5H9OSi/c1-4-5(6)7(2)3/h4H,1H2,2-3H3. The van der Waals surface area contributed by atoms with E-state index in [2.05, 4.69) is 6.58 Å². The average molecular weight is 113 g/mol. The van der Waals surface area contributed by atoms with E-state index in [9.17, 15) is 4.79 Å². The summed E-state index contributed by atoms with van der Waals surface area (Å²) in [6.45, 7) is 7.26. The number of allylic oxidation sites excluding steroid dienone is 1. The van der Waals surface area contributed by atoms with Gasteiger partial charge < -0.3 is 4.79 Å². The minimum atomic E-state index is -0.720. The maximum Gasteiger partial charge on any atom is 0.134 e. The molecule has 39 valence electrons. The minimum absolute atomic E-state index is 0.213. The Hall–Kier alpha value is -0.373. The summed E-state index contributed by atoms with van der Waals surface area (Å²) in [7, 11) is -0.720. The molecule has 0 aliphatic heterocycles. The highest BCUT2D eigenvalue weighted by atomic mass is 28.3. The fraction of sp³-hybridized carbons (Fsp3) is 0.400. The van der Waals surface area contributed by atoms with Crippen molar-refractivity contribution in [3.8, 4) is 0 Å². The van der Waals surface area contributed by atoms with Gasteiger partial charge in [-0.2, -0.15) is 0 Å². The Morgan fingerprint density at radius 3 is 2.14 bits per heavy atom. The lowest BCUT2D eigenvalue weighted by atomic mass is 10.7. The van der Waals surface area contributed by atoms with Gasteiger partial charge in [-0.3, -0.25) is 0 Å². The highest BCUT2D eigenvalue weighted by Gasteiger charge is 2.01. The van der Waals surface area contributed by atoms with Crippen molar-refractivity contribution in [3.63, 3.8) is 0 Å². The molecular weight excluding hydrogens is 104 g/mol. The van der Waals surface area contributed by atoms with Gasteiger partial charge >= 0.3 is 0 Å². The van der Waals surface area contributed by atoms with Crippen molar-refractivity contribution in [2.24, 2.45) is 0 Å². The molecule has 0 aromatic heterocycles. The molecule has 0 aromatic carbocycles. The molecule has 0 aromatic rings. The fourth-order valence-electron chi connectivity index (χ4n) is 0.204. The molecule has 0 aliphatic carbocycles. The molecule has 0 amide bonds. The van der Waals surface area contributed by atoms with Crippen LogP contribution in [0, 0.1) is 0 Å². The van der Waals surface area contributed by atoms with Crippen LogP contribution >= 0.6 is 0 Å². The first kappa shape index (κ1) is 6.63. The van der Waals surface area contributed by atoms with Crippen LogP contribution in [0.3, 0.4) is 0 Å². The zero-order chi connectivity index (χ0) is 5.86. The molecule has 1 radical (unpaired) electrons. The molecule has 0 N–H and O–H groups in total. The van der Waals surface area contributed by atoms with E-state index in [1.807, 2.05) is 13.1 Å². The monoisotopic (exact) mass is 113 g/mol. The van der Waals surface area contributed by atoms with Gasteiger partial charge in [0.2, 0.25) is 0 Å². The quantitative estimate of drug-likeness (QED) is 0.386. The van der Waals surface area contributed by atoms with E-state index in [0.717, 1.165) is 0 Å². The molecule has 7 heavy (non-hydrogen) atoms. The number of carbonyl (C=O) groups is 1. The third-order valence-corrected chi connectivity index (χ3v) is 1.87. The lowest BCUT2D eigenvalue weighted by Crippen LogP contribution is -2.13. The van der Waals surface area contributed by atoms with Gasteiger partial charge in [-0.15, -0.1) is 0 Å². The van der Waals surface area contributed by atoms with Gasteiger partial charge in [0.25, 0.3) is 0 Å². The number of hydrogen-bond acceptors (Lipinski definition) is 1. The molecule has 0 rings (SSSR count). The van der Waals surface area contributed by atoms with E-state index in [1.165, 1.54) is 6.08 Å². The topological polar surface area (TPSA) is 17.1 Å². The highest BCUT2D eigenvalue weighted by Crippen LogP contribution is 1.81. The summed E-state index contributed by atoms with van der Waals surface area (Å²) in [4.78, 5) is 10.4. The predicted molar refractivity (Wildman–Crippen MR) is 32.7 cm³/mol. The molecule has 1 nitrogen and oxygen atoms in total. The molecule has 0 spiro atoms. The lowest BCUT2D eigenvalue weighted by molar-refractivity contribution is -0.108. The van der Waals surface area contributed by atoms with E-state index in [-0.39, 0.29) is 5.41 Å². The van der Waals surface area contributed by atoms with Crippen molar-refractivity contribution in [2.45, 2.75) is 13.1 Å². The summed E-state index contributed by atoms with van der Waals surface area (Å²) in [5, 5.41) is 0.213. The van der Waals surface area contributed by atoms with Crippen LogP contribution in [-0.4, -0.2) is 14.2 Å². The van der Waals surface area contributed by atoms with Crippen molar-refractivity contribution in [1.82, 2.24) is 0 Å². The molecule has 2 heteroatoms. The van der Waals surface area contributed by atoms with Crippen molar-refractivity contribution in [3.05, 3.63) is 12.7 Å². The third-order valence-electron chi connectivity index (χ3n) is 0.678. The van der Waals surface area contributed by atoms with Crippen LogP contribution in [0.1, 0.15) is 0 Å². The summed E-state index contributed by atoms with van der Waals surface area (Å²) in [6.07, 6.45) is 1.40. The number of rotatable bonds is 2. The van der Waals surface area contributed by atoms with Crippen molar-refractivity contribution in [2.75, 3.05) is 0 Å². The normalized spacial score (nSPS) is 9.00. The van der Waals surface area contributed by atoms with E-state index in [0.29, 0.717) is 0 Å². The van der Waals surface area contributed by atoms with Crippen LogP contribution in [0.4, 0.5) is 0 Å². The molecule has 0 bridgehead atoms. The molecular formula is C5H9OSi. The summed E-state index contributed by atoms with van der Waals surface area (Å²) in [5.41, 5.74) is 0. The zero-order valence-corrected chi connectivity index (χ0v) is 5.69. The van der Waals surface area contributed by atoms with Gasteiger partial charge in [0.1, 0.15) is 14.2 Å². The van der Waals surface area contributed by atoms with Gasteiger partial charge in [0.15, 0.2) is 0 Å². The van der Waals surface area contributed by atoms with Crippen molar-refractivity contribution < 1.29 is 4.79 Å². The Kier molecular flexibility index (Phi) is 2.60. The van der Waals surface area contributed by atoms with Gasteiger partial charge in [0, 0.05) is 0 Å². The SMILES string of the molecule is C=CC(=O)[Si](C)C. The first-order valence-corrected chi connectivity index (χ1v) is 4.65. The third kappa shape index (κ3) is 2.34. The first-order chi connectivity index (χ1) is 3.18. The maximum absolute atomic E-state index is 10.4. The summed E-state index contributed by atoms with van der Waals surface area (Å²) < 4.78 is 0. The Morgan fingerprint density at radius 1 is 1.71 bits per heavy atom. The Bertz CT molecular complexity index is 86.1. The fourth-order valence-corrected chi connectivity index (χ4v) is 0.612. The average Bonchev–Trinajstić information content (AvgIpc) is 1.65. The van der Waals surface area contributed by atoms with Gasteiger partial charge in [-0.1, -0.05) is 19.7 Å². The van der Waals surface area contributed by atoms with Crippen LogP contribution in [0.15, 0.2) is 12.7 Å². The smallest absolute Gasteiger partial charge is 0.134 e. The summed E-state index contributed by atoms with van der Waals surface area (Å²) >= 11 is 0. The molecule has 0 heterocycles. The van der Waals surface area contributed by atoms with Crippen LogP contribution in [-0.2, 0) is 4.79 Å². The lowest BCUT2D eigenvalue weighted by Gasteiger charge is -1.89. The predicted octanol–water partition coefficient (Wildman–Crippen LogP) is 1.04. The molecule has 0 atom stereocenters. The van der Waals surface area contributed by atoms with E-state index >= 15 is 0 Å². The van der Waals surface area contributed by atoms with Crippen LogP contribution in [0.5, 0.6) is 0 Å². The number of hydrogen-bond donors (Lipinski definition) is 0. The maximum atomic E-state index is 10.4. The first-order valence-electron chi connectivity index (χ1n) is 2.15. The highest BCUT2D eigenvalue weighted by molar-refractivity contribution is 6.90. The van der Waals surface area contributed by atoms with Crippen molar-refractivity contribution in [1.29, 1.82) is 0 Å². The van der Waals surface area contributed by atoms with Gasteiger partial charge in [0.05, 0.1) is 0 Å². The number of carbonyl (C=O) groups excluding carboxylic acids is 1. The summed E-state index contributed by atoms with van der Waals surface area (Å²) in [5.74, 6) is 0. The van der Waals surface area contributed by atoms with E-state index < -0.39 is 8.80 Å². The van der Waals surface area contributed by atoms with Crippen LogP contribution < -0.4 is 0 Å². The molecule has 0 aliphatic rings. The van der Waals surface area contributed by atoms with Crippen molar-refractivity contribution >= 4 is 14.2 Å². The molecule has 0 saturated carbocycles. The Morgan fingerprint density at radius 2 is 2.14 bits per heavy atom. The Balaban J connectivity index is 3.56. The molecule has 0 unspecified atom stereocenters. The second kappa shape index (κ2) is 2.74. The zero-order valence-electron chi connectivity index (χ0n) is 4.69. The molecule has 0 saturated heterocycles. The summed E-state index contributed by atoms with van der Waals surface area (Å²) in [6, 6.07) is 0. The van der Waals surface area contributed by atoms with E-state index in [4.69, 9.17) is 0 Å². The van der Waals surface area contributed by atoms with Gasteiger partial charge in [-0.05, 0) is 6.08 Å². The second-order valence-corrected chi connectivity index (χ2v) is 4.06. The Labute approximate surface area is 45.6 Å². The van der Waals surface area contributed by atoms with E-state index in [1.54, 1.807) is 0 Å². The van der Waals surface area contributed by atoms with Gasteiger partial charge in [-0.25, -0.2) is 0 Å². The minimum Gasteiger partial charge on any atom is -0.301 e. The largest absolute Gasteiger partial charge is 0.301 e. The second-order valence-electron chi connectivity index (χ2n) is 1.57. The molecule has 0 fully saturated rings. The van der Waals surface area contributed by atoms with Crippen LogP contribution in [0.2, 0.25) is 13.1 Å². The van der Waals surface area contributed by atoms with Crippen LogP contribution in [0.25, 0.3) is 0 Å².